The first kappa shape index (κ1) is 19.1. The van der Waals surface area contributed by atoms with Gasteiger partial charge in [-0.15, -0.1) is 0 Å². The predicted octanol–water partition coefficient (Wildman–Crippen LogP) is 3.23. The fourth-order valence-corrected chi connectivity index (χ4v) is 3.87. The molecule has 8 heteroatoms. The number of carbonyl (C=O) groups excluding carboxylic acids is 2. The van der Waals surface area contributed by atoms with Crippen LogP contribution in [0.5, 0.6) is 11.5 Å². The van der Waals surface area contributed by atoms with Crippen molar-refractivity contribution in [2.45, 2.75) is 6.10 Å². The average Bonchev–Trinajstić information content (AvgIpc) is 2.74. The van der Waals surface area contributed by atoms with E-state index in [0.29, 0.717) is 48.3 Å². The van der Waals surface area contributed by atoms with Crippen LogP contribution in [-0.2, 0) is 4.79 Å². The van der Waals surface area contributed by atoms with Gasteiger partial charge >= 0.3 is 0 Å². The molecule has 2 aliphatic rings. The molecule has 0 radical (unpaired) electrons. The molecular weight excluding hydrogens is 448 g/mol. The Labute approximate surface area is 176 Å². The third kappa shape index (κ3) is 3.82. The first-order chi connectivity index (χ1) is 13.5. The number of rotatable bonds is 2. The zero-order chi connectivity index (χ0) is 19.7. The van der Waals surface area contributed by atoms with Gasteiger partial charge in [-0.3, -0.25) is 9.59 Å². The van der Waals surface area contributed by atoms with E-state index in [2.05, 4.69) is 15.9 Å². The molecule has 1 unspecified atom stereocenters. The molecule has 1 fully saturated rings. The molecule has 2 heterocycles. The molecule has 4 rings (SSSR count). The van der Waals surface area contributed by atoms with Crippen molar-refractivity contribution in [2.24, 2.45) is 0 Å². The number of amides is 2. The molecule has 0 saturated carbocycles. The maximum Gasteiger partial charge on any atom is 0.267 e. The first-order valence-electron chi connectivity index (χ1n) is 8.94. The summed E-state index contributed by atoms with van der Waals surface area (Å²) in [5.41, 5.74) is 0.455. The summed E-state index contributed by atoms with van der Waals surface area (Å²) < 4.78 is 12.2. The minimum absolute atomic E-state index is 0.123. The molecule has 6 nitrogen and oxygen atoms in total. The lowest BCUT2D eigenvalue weighted by atomic mass is 10.1. The normalized spacial score (nSPS) is 18.7. The van der Waals surface area contributed by atoms with Crippen LogP contribution < -0.4 is 9.47 Å². The Morgan fingerprint density at radius 2 is 1.68 bits per heavy atom. The van der Waals surface area contributed by atoms with Crippen LogP contribution in [0, 0.1) is 0 Å². The molecule has 2 aliphatic heterocycles. The molecule has 1 atom stereocenters. The molecule has 28 heavy (non-hydrogen) atoms. The average molecular weight is 466 g/mol. The quantitative estimate of drug-likeness (QED) is 0.683. The second kappa shape index (κ2) is 8.01. The number of fused-ring (bicyclic) bond motifs is 1. The van der Waals surface area contributed by atoms with Crippen LogP contribution in [0.1, 0.15) is 10.4 Å². The molecule has 2 aromatic carbocycles. The Kier molecular flexibility index (Phi) is 5.46. The lowest BCUT2D eigenvalue weighted by molar-refractivity contribution is -0.142. The van der Waals surface area contributed by atoms with Crippen LogP contribution in [0.2, 0.25) is 5.02 Å². The van der Waals surface area contributed by atoms with E-state index in [-0.39, 0.29) is 18.4 Å². The number of carbonyl (C=O) groups is 2. The number of nitrogens with zero attached hydrogens (tertiary/aromatic N) is 2. The highest BCUT2D eigenvalue weighted by Crippen LogP contribution is 2.31. The minimum atomic E-state index is -0.670. The van der Waals surface area contributed by atoms with Crippen LogP contribution in [-0.4, -0.2) is 60.5 Å². The fraction of sp³-hybridized carbons (Fsp3) is 0.300. The maximum absolute atomic E-state index is 12.8. The first-order valence-corrected chi connectivity index (χ1v) is 10.1. The zero-order valence-electron chi connectivity index (χ0n) is 14.9. The lowest BCUT2D eigenvalue weighted by Crippen LogP contribution is -2.55. The van der Waals surface area contributed by atoms with Crippen molar-refractivity contribution in [1.29, 1.82) is 0 Å². The SMILES string of the molecule is O=C(c1cc(Br)ccc1Cl)N1CCN(C(=O)C2COc3ccccc3O2)CC1. The highest BCUT2D eigenvalue weighted by Gasteiger charge is 2.33. The number of piperazine rings is 1. The number of hydrogen-bond donors (Lipinski definition) is 0. The van der Waals surface area contributed by atoms with Gasteiger partial charge in [0.25, 0.3) is 11.8 Å². The van der Waals surface area contributed by atoms with E-state index in [1.54, 1.807) is 34.1 Å². The molecule has 0 N–H and O–H groups in total. The van der Waals surface area contributed by atoms with E-state index < -0.39 is 6.10 Å². The summed E-state index contributed by atoms with van der Waals surface area (Å²) in [5.74, 6) is 0.963. The van der Waals surface area contributed by atoms with Gasteiger partial charge < -0.3 is 19.3 Å². The van der Waals surface area contributed by atoms with Crippen LogP contribution in [0.4, 0.5) is 0 Å². The van der Waals surface area contributed by atoms with Gasteiger partial charge in [0, 0.05) is 30.7 Å². The van der Waals surface area contributed by atoms with Crippen molar-refractivity contribution in [3.63, 3.8) is 0 Å². The molecule has 146 valence electrons. The van der Waals surface area contributed by atoms with E-state index in [9.17, 15) is 9.59 Å². The van der Waals surface area contributed by atoms with E-state index in [1.807, 2.05) is 18.2 Å². The van der Waals surface area contributed by atoms with Crippen LogP contribution in [0.15, 0.2) is 46.9 Å². The smallest absolute Gasteiger partial charge is 0.267 e. The summed E-state index contributed by atoms with van der Waals surface area (Å²) in [6.45, 7) is 1.95. The Morgan fingerprint density at radius 3 is 2.43 bits per heavy atom. The molecule has 2 aromatic rings. The lowest BCUT2D eigenvalue weighted by Gasteiger charge is -2.37. The fourth-order valence-electron chi connectivity index (χ4n) is 3.31. The maximum atomic E-state index is 12.8. The molecule has 0 bridgehead atoms. The number of hydrogen-bond acceptors (Lipinski definition) is 4. The van der Waals surface area contributed by atoms with E-state index >= 15 is 0 Å². The van der Waals surface area contributed by atoms with Crippen LogP contribution >= 0.6 is 27.5 Å². The second-order valence-electron chi connectivity index (χ2n) is 6.61. The molecule has 2 amide bonds. The topological polar surface area (TPSA) is 59.1 Å². The molecular formula is C20H18BrClN2O4. The van der Waals surface area contributed by atoms with Crippen molar-refractivity contribution in [3.8, 4) is 11.5 Å². The van der Waals surface area contributed by atoms with Gasteiger partial charge in [-0.25, -0.2) is 0 Å². The Balaban J connectivity index is 1.37. The number of para-hydroxylation sites is 2. The van der Waals surface area contributed by atoms with Crippen molar-refractivity contribution >= 4 is 39.3 Å². The molecule has 0 aliphatic carbocycles. The highest BCUT2D eigenvalue weighted by atomic mass is 79.9. The van der Waals surface area contributed by atoms with E-state index in [4.69, 9.17) is 21.1 Å². The van der Waals surface area contributed by atoms with Crippen LogP contribution in [0.3, 0.4) is 0 Å². The summed E-state index contributed by atoms with van der Waals surface area (Å²) in [6, 6.07) is 12.5. The molecule has 1 saturated heterocycles. The highest BCUT2D eigenvalue weighted by molar-refractivity contribution is 9.10. The molecule has 0 spiro atoms. The Hall–Kier alpha value is -2.25. The van der Waals surface area contributed by atoms with Crippen molar-refractivity contribution < 1.29 is 19.1 Å². The standard InChI is InChI=1S/C20H18BrClN2O4/c21-13-5-6-15(22)14(11-13)19(25)23-7-9-24(10-8-23)20(26)18-12-27-16-3-1-2-4-17(16)28-18/h1-6,11,18H,7-10,12H2. The predicted molar refractivity (Wildman–Crippen MR) is 108 cm³/mol. The second-order valence-corrected chi connectivity index (χ2v) is 7.93. The summed E-state index contributed by atoms with van der Waals surface area (Å²) in [5, 5.41) is 0.415. The Morgan fingerprint density at radius 1 is 1.00 bits per heavy atom. The largest absolute Gasteiger partial charge is 0.485 e. The van der Waals surface area contributed by atoms with E-state index in [1.165, 1.54) is 0 Å². The van der Waals surface area contributed by atoms with E-state index in [0.717, 1.165) is 4.47 Å². The zero-order valence-corrected chi connectivity index (χ0v) is 17.3. The van der Waals surface area contributed by atoms with Crippen molar-refractivity contribution in [2.75, 3.05) is 32.8 Å². The third-order valence-corrected chi connectivity index (χ3v) is 5.64. The van der Waals surface area contributed by atoms with Gasteiger partial charge in [0.1, 0.15) is 6.61 Å². The monoisotopic (exact) mass is 464 g/mol. The summed E-state index contributed by atoms with van der Waals surface area (Å²) >= 11 is 9.53. The van der Waals surface area contributed by atoms with Crippen LogP contribution in [0.25, 0.3) is 0 Å². The van der Waals surface area contributed by atoms with Gasteiger partial charge in [0.15, 0.2) is 11.5 Å². The van der Waals surface area contributed by atoms with Gasteiger partial charge in [-0.2, -0.15) is 0 Å². The van der Waals surface area contributed by atoms with Crippen molar-refractivity contribution in [3.05, 3.63) is 57.5 Å². The van der Waals surface area contributed by atoms with Gasteiger partial charge in [0.05, 0.1) is 10.6 Å². The Bertz CT molecular complexity index is 915. The van der Waals surface area contributed by atoms with Gasteiger partial charge in [0.2, 0.25) is 6.10 Å². The summed E-state index contributed by atoms with van der Waals surface area (Å²) in [7, 11) is 0. The van der Waals surface area contributed by atoms with Gasteiger partial charge in [-0.1, -0.05) is 39.7 Å². The number of halogens is 2. The minimum Gasteiger partial charge on any atom is -0.485 e. The summed E-state index contributed by atoms with van der Waals surface area (Å²) in [4.78, 5) is 29.0. The number of benzene rings is 2. The molecule has 0 aromatic heterocycles. The third-order valence-electron chi connectivity index (χ3n) is 4.82. The van der Waals surface area contributed by atoms with Gasteiger partial charge in [-0.05, 0) is 30.3 Å². The summed E-state index contributed by atoms with van der Waals surface area (Å²) in [6.07, 6.45) is -0.670. The number of ether oxygens (including phenoxy) is 2. The van der Waals surface area contributed by atoms with Crippen molar-refractivity contribution in [1.82, 2.24) is 9.80 Å².